The minimum atomic E-state index is -4.54. The van der Waals surface area contributed by atoms with Crippen molar-refractivity contribution >= 4 is 11.6 Å². The van der Waals surface area contributed by atoms with Gasteiger partial charge in [0.2, 0.25) is 0 Å². The van der Waals surface area contributed by atoms with Gasteiger partial charge in [0.25, 0.3) is 5.91 Å². The molecule has 0 aromatic carbocycles. The Labute approximate surface area is 184 Å². The van der Waals surface area contributed by atoms with E-state index < -0.39 is 11.9 Å². The van der Waals surface area contributed by atoms with E-state index in [0.717, 1.165) is 16.3 Å². The lowest BCUT2D eigenvalue weighted by molar-refractivity contribution is -0.142. The molecule has 3 aromatic heterocycles. The number of halogens is 3. The minimum absolute atomic E-state index is 0.130. The summed E-state index contributed by atoms with van der Waals surface area (Å²) in [6, 6.07) is 4.48. The molecule has 1 saturated heterocycles. The van der Waals surface area contributed by atoms with Crippen molar-refractivity contribution in [2.24, 2.45) is 7.05 Å². The lowest BCUT2D eigenvalue weighted by Crippen LogP contribution is -2.30. The van der Waals surface area contributed by atoms with Crippen molar-refractivity contribution in [1.82, 2.24) is 29.3 Å². The molecule has 0 saturated carbocycles. The second-order valence-corrected chi connectivity index (χ2v) is 9.03. The van der Waals surface area contributed by atoms with Crippen LogP contribution in [-0.4, -0.2) is 48.3 Å². The van der Waals surface area contributed by atoms with Crippen LogP contribution in [0.5, 0.6) is 0 Å². The average Bonchev–Trinajstić information content (AvgIpc) is 3.43. The van der Waals surface area contributed by atoms with E-state index >= 15 is 0 Å². The number of likely N-dealkylation sites (tertiary alicyclic amines) is 1. The predicted octanol–water partition coefficient (Wildman–Crippen LogP) is 4.36. The molecule has 0 N–H and O–H groups in total. The Morgan fingerprint density at radius 3 is 2.34 bits per heavy atom. The van der Waals surface area contributed by atoms with Gasteiger partial charge >= 0.3 is 6.18 Å². The highest BCUT2D eigenvalue weighted by Crippen LogP contribution is 2.33. The van der Waals surface area contributed by atoms with E-state index in [0.29, 0.717) is 36.6 Å². The Kier molecular flexibility index (Phi) is 5.50. The smallest absolute Gasteiger partial charge is 0.337 e. The van der Waals surface area contributed by atoms with Gasteiger partial charge in [-0.15, -0.1) is 0 Å². The molecule has 7 nitrogen and oxygen atoms in total. The summed E-state index contributed by atoms with van der Waals surface area (Å²) in [7, 11) is 1.74. The van der Waals surface area contributed by atoms with Crippen LogP contribution >= 0.6 is 0 Å². The molecule has 10 heteroatoms. The van der Waals surface area contributed by atoms with Gasteiger partial charge in [-0.1, -0.05) is 27.7 Å². The van der Waals surface area contributed by atoms with Crippen molar-refractivity contribution in [3.05, 3.63) is 46.7 Å². The second-order valence-electron chi connectivity index (χ2n) is 9.03. The number of carbonyl (C=O) groups is 1. The van der Waals surface area contributed by atoms with Gasteiger partial charge in [0, 0.05) is 37.8 Å². The molecule has 32 heavy (non-hydrogen) atoms. The standard InChI is InChI=1S/C22H27F3N6O/c1-12(2)15-9-19(22(23,24)25)31-20(26-15)10-17(28-31)14-6-7-30(11-14)21(32)18-8-16(13(3)4)27-29(18)5/h8-10,12-14H,6-7,11H2,1-5H3. The molecule has 1 fully saturated rings. The van der Waals surface area contributed by atoms with E-state index in [1.165, 1.54) is 0 Å². The summed E-state index contributed by atoms with van der Waals surface area (Å²) in [6.45, 7) is 8.54. The first-order valence-electron chi connectivity index (χ1n) is 10.8. The second kappa shape index (κ2) is 7.90. The topological polar surface area (TPSA) is 68.3 Å². The molecule has 0 bridgehead atoms. The molecule has 0 radical (unpaired) electrons. The van der Waals surface area contributed by atoms with E-state index in [2.05, 4.69) is 15.2 Å². The van der Waals surface area contributed by atoms with Crippen molar-refractivity contribution in [2.75, 3.05) is 13.1 Å². The molecule has 1 unspecified atom stereocenters. The number of carbonyl (C=O) groups excluding carboxylic acids is 1. The lowest BCUT2D eigenvalue weighted by Gasteiger charge is -2.16. The van der Waals surface area contributed by atoms with Crippen LogP contribution in [0.25, 0.3) is 5.65 Å². The van der Waals surface area contributed by atoms with Gasteiger partial charge in [0.05, 0.1) is 11.4 Å². The first-order valence-corrected chi connectivity index (χ1v) is 10.8. The fourth-order valence-corrected chi connectivity index (χ4v) is 4.03. The normalized spacial score (nSPS) is 17.3. The fourth-order valence-electron chi connectivity index (χ4n) is 4.03. The SMILES string of the molecule is CC(C)c1cc(C(F)(F)F)n2nc(C3CCN(C(=O)c4cc(C(C)C)nn4C)C3)cc2n1. The van der Waals surface area contributed by atoms with Gasteiger partial charge in [-0.05, 0) is 30.4 Å². The maximum absolute atomic E-state index is 13.7. The molecule has 172 valence electrons. The number of hydrogen-bond acceptors (Lipinski definition) is 4. The molecule has 3 aromatic rings. The van der Waals surface area contributed by atoms with Crippen LogP contribution in [0.15, 0.2) is 18.2 Å². The maximum Gasteiger partial charge on any atom is 0.433 e. The highest BCUT2D eigenvalue weighted by molar-refractivity contribution is 5.93. The number of amides is 1. The molecule has 4 rings (SSSR count). The summed E-state index contributed by atoms with van der Waals surface area (Å²) in [5.74, 6) is -0.219. The van der Waals surface area contributed by atoms with E-state index in [4.69, 9.17) is 0 Å². The summed E-state index contributed by atoms with van der Waals surface area (Å²) in [4.78, 5) is 19.1. The van der Waals surface area contributed by atoms with Crippen LogP contribution in [-0.2, 0) is 13.2 Å². The summed E-state index contributed by atoms with van der Waals surface area (Å²) < 4.78 is 43.4. The van der Waals surface area contributed by atoms with Crippen molar-refractivity contribution in [3.63, 3.8) is 0 Å². The Morgan fingerprint density at radius 1 is 1.06 bits per heavy atom. The Hall–Kier alpha value is -2.91. The third kappa shape index (κ3) is 3.98. The zero-order valence-electron chi connectivity index (χ0n) is 18.8. The highest BCUT2D eigenvalue weighted by Gasteiger charge is 2.37. The first kappa shape index (κ1) is 22.3. The molecular formula is C22H27F3N6O. The monoisotopic (exact) mass is 448 g/mol. The lowest BCUT2D eigenvalue weighted by atomic mass is 10.1. The number of aromatic nitrogens is 5. The summed E-state index contributed by atoms with van der Waals surface area (Å²) >= 11 is 0. The summed E-state index contributed by atoms with van der Waals surface area (Å²) in [5, 5.41) is 8.65. The minimum Gasteiger partial charge on any atom is -0.337 e. The Balaban J connectivity index is 1.61. The molecule has 0 spiro atoms. The van der Waals surface area contributed by atoms with Gasteiger partial charge in [0.1, 0.15) is 11.4 Å². The van der Waals surface area contributed by atoms with Crippen molar-refractivity contribution in [1.29, 1.82) is 0 Å². The molecule has 1 aliphatic heterocycles. The van der Waals surface area contributed by atoms with Gasteiger partial charge in [-0.25, -0.2) is 9.50 Å². The van der Waals surface area contributed by atoms with Crippen LogP contribution in [0, 0.1) is 0 Å². The molecule has 1 atom stereocenters. The Bertz CT molecular complexity index is 1160. The van der Waals surface area contributed by atoms with Crippen LogP contribution in [0.3, 0.4) is 0 Å². The van der Waals surface area contributed by atoms with E-state index in [-0.39, 0.29) is 29.3 Å². The van der Waals surface area contributed by atoms with Crippen LogP contribution in [0.1, 0.15) is 85.1 Å². The highest BCUT2D eigenvalue weighted by atomic mass is 19.4. The van der Waals surface area contributed by atoms with Crippen molar-refractivity contribution in [3.8, 4) is 0 Å². The number of rotatable bonds is 4. The van der Waals surface area contributed by atoms with Gasteiger partial charge in [-0.3, -0.25) is 9.48 Å². The third-order valence-corrected chi connectivity index (χ3v) is 5.95. The molecular weight excluding hydrogens is 421 g/mol. The first-order chi connectivity index (χ1) is 15.0. The number of fused-ring (bicyclic) bond motifs is 1. The maximum atomic E-state index is 13.7. The van der Waals surface area contributed by atoms with E-state index in [1.54, 1.807) is 42.6 Å². The largest absolute Gasteiger partial charge is 0.433 e. The molecule has 1 amide bonds. The number of hydrogen-bond donors (Lipinski definition) is 0. The van der Waals surface area contributed by atoms with Crippen LogP contribution in [0.2, 0.25) is 0 Å². The van der Waals surface area contributed by atoms with Crippen LogP contribution in [0.4, 0.5) is 13.2 Å². The fraction of sp³-hybridized carbons (Fsp3) is 0.545. The van der Waals surface area contributed by atoms with Gasteiger partial charge < -0.3 is 4.90 Å². The van der Waals surface area contributed by atoms with Gasteiger partial charge in [0.15, 0.2) is 5.65 Å². The molecule has 0 aliphatic carbocycles. The molecule has 4 heterocycles. The van der Waals surface area contributed by atoms with Gasteiger partial charge in [-0.2, -0.15) is 23.4 Å². The average molecular weight is 448 g/mol. The number of nitrogens with zero attached hydrogens (tertiary/aromatic N) is 6. The zero-order valence-corrected chi connectivity index (χ0v) is 18.8. The third-order valence-electron chi connectivity index (χ3n) is 5.95. The van der Waals surface area contributed by atoms with E-state index in [1.807, 2.05) is 13.8 Å². The zero-order chi connectivity index (χ0) is 23.4. The van der Waals surface area contributed by atoms with Crippen molar-refractivity contribution in [2.45, 2.75) is 58.0 Å². The van der Waals surface area contributed by atoms with Crippen LogP contribution < -0.4 is 0 Å². The summed E-state index contributed by atoms with van der Waals surface area (Å²) in [6.07, 6.45) is -3.91. The number of aryl methyl sites for hydroxylation is 1. The predicted molar refractivity (Wildman–Crippen MR) is 113 cm³/mol. The quantitative estimate of drug-likeness (QED) is 0.595. The summed E-state index contributed by atoms with van der Waals surface area (Å²) in [5.41, 5.74) is 1.59. The Morgan fingerprint density at radius 2 is 1.75 bits per heavy atom. The van der Waals surface area contributed by atoms with Crippen molar-refractivity contribution < 1.29 is 18.0 Å². The molecule has 1 aliphatic rings. The van der Waals surface area contributed by atoms with E-state index in [9.17, 15) is 18.0 Å². The number of alkyl halides is 3.